The molecule has 1 fully saturated rings. The largest absolute Gasteiger partial charge is 0.481 e. The van der Waals surface area contributed by atoms with Crippen LogP contribution in [0.25, 0.3) is 0 Å². The van der Waals surface area contributed by atoms with Gasteiger partial charge >= 0.3 is 15.6 Å². The van der Waals surface area contributed by atoms with Crippen LogP contribution in [-0.4, -0.2) is 21.3 Å². The highest BCUT2D eigenvalue weighted by Gasteiger charge is 2.59. The van der Waals surface area contributed by atoms with Crippen LogP contribution in [0.4, 0.5) is 0 Å². The summed E-state index contributed by atoms with van der Waals surface area (Å²) in [4.78, 5) is 27.6. The van der Waals surface area contributed by atoms with Crippen molar-refractivity contribution in [2.45, 2.75) is 107 Å². The van der Waals surface area contributed by atoms with Crippen LogP contribution in [0.15, 0.2) is 58.2 Å². The van der Waals surface area contributed by atoms with Gasteiger partial charge in [-0.3, -0.25) is 4.52 Å². The summed E-state index contributed by atoms with van der Waals surface area (Å²) in [6.45, 7) is 16.9. The summed E-state index contributed by atoms with van der Waals surface area (Å²) < 4.78 is 32.1. The molecule has 9 heteroatoms. The van der Waals surface area contributed by atoms with Gasteiger partial charge in [0.05, 0.1) is 6.61 Å². The Kier molecular flexibility index (Phi) is 15.1. The summed E-state index contributed by atoms with van der Waals surface area (Å²) in [5.74, 6) is 0.101. The van der Waals surface area contributed by atoms with E-state index in [0.29, 0.717) is 0 Å². The molecule has 0 amide bonds. The van der Waals surface area contributed by atoms with Crippen molar-refractivity contribution in [3.63, 3.8) is 0 Å². The predicted octanol–water partition coefficient (Wildman–Crippen LogP) is 9.36. The first-order chi connectivity index (χ1) is 17.9. The van der Waals surface area contributed by atoms with Crippen LogP contribution in [-0.2, 0) is 18.0 Å². The van der Waals surface area contributed by atoms with Crippen LogP contribution in [0.2, 0.25) is 0 Å². The van der Waals surface area contributed by atoms with E-state index in [9.17, 15) is 14.0 Å². The highest BCUT2D eigenvalue weighted by molar-refractivity contribution is 7.60. The Morgan fingerprint density at radius 2 is 1.21 bits per heavy atom. The molecule has 1 rings (SSSR count). The van der Waals surface area contributed by atoms with Crippen LogP contribution in [0, 0.1) is 17.3 Å². The highest BCUT2D eigenvalue weighted by atomic mass is 31.3. The average molecular weight is 587 g/mol. The Morgan fingerprint density at radius 3 is 1.69 bits per heavy atom. The van der Waals surface area contributed by atoms with Gasteiger partial charge in [0.25, 0.3) is 0 Å². The molecule has 0 heterocycles. The molecule has 0 aliphatic heterocycles. The van der Waals surface area contributed by atoms with Crippen LogP contribution in [0.1, 0.15) is 107 Å². The third-order valence-corrected chi connectivity index (χ3v) is 9.57. The molecular weight excluding hydrogens is 534 g/mol. The fourth-order valence-electron chi connectivity index (χ4n) is 4.93. The Hall–Kier alpha value is -1.04. The minimum atomic E-state index is -5.15. The number of allylic oxidation sites excluding steroid dienone is 10. The Labute approximate surface area is 237 Å². The third-order valence-electron chi connectivity index (χ3n) is 7.41. The second-order valence-electron chi connectivity index (χ2n) is 11.8. The number of hydrogen-bond acceptors (Lipinski definition) is 4. The van der Waals surface area contributed by atoms with Crippen molar-refractivity contribution in [3.05, 3.63) is 58.2 Å². The maximum atomic E-state index is 12.0. The molecule has 7 nitrogen and oxygen atoms in total. The fraction of sp³-hybridized carbons (Fsp3) is 0.667. The van der Waals surface area contributed by atoms with E-state index in [-0.39, 0.29) is 23.9 Å². The first-order valence-electron chi connectivity index (χ1n) is 13.9. The minimum Gasteiger partial charge on any atom is -0.302 e. The molecule has 0 bridgehead atoms. The number of rotatable bonds is 18. The predicted molar refractivity (Wildman–Crippen MR) is 161 cm³/mol. The zero-order valence-corrected chi connectivity index (χ0v) is 27.1. The monoisotopic (exact) mass is 586 g/mol. The van der Waals surface area contributed by atoms with Crippen LogP contribution >= 0.6 is 15.6 Å². The molecule has 0 radical (unpaired) electrons. The van der Waals surface area contributed by atoms with E-state index in [1.54, 1.807) is 0 Å². The van der Waals surface area contributed by atoms with Gasteiger partial charge in [0.15, 0.2) is 0 Å². The Morgan fingerprint density at radius 1 is 0.744 bits per heavy atom. The van der Waals surface area contributed by atoms with Gasteiger partial charge in [0.2, 0.25) is 0 Å². The number of phosphoric acid groups is 2. The number of phosphoric ester groups is 1. The molecule has 0 spiro atoms. The maximum Gasteiger partial charge on any atom is 0.481 e. The summed E-state index contributed by atoms with van der Waals surface area (Å²) in [5, 5.41) is 0. The zero-order valence-electron chi connectivity index (χ0n) is 25.3. The normalized spacial score (nSPS) is 23.8. The van der Waals surface area contributed by atoms with Crippen LogP contribution < -0.4 is 0 Å². The molecule has 4 atom stereocenters. The smallest absolute Gasteiger partial charge is 0.302 e. The van der Waals surface area contributed by atoms with Crippen molar-refractivity contribution in [1.82, 2.24) is 0 Å². The molecule has 1 aliphatic carbocycles. The molecule has 0 aromatic carbocycles. The first-order valence-corrected chi connectivity index (χ1v) is 17.0. The van der Waals surface area contributed by atoms with Crippen LogP contribution in [0.5, 0.6) is 0 Å². The minimum absolute atomic E-state index is 0.0472. The van der Waals surface area contributed by atoms with E-state index >= 15 is 0 Å². The molecule has 0 aromatic heterocycles. The molecule has 3 N–H and O–H groups in total. The molecule has 39 heavy (non-hydrogen) atoms. The van der Waals surface area contributed by atoms with E-state index in [1.165, 1.54) is 27.9 Å². The van der Waals surface area contributed by atoms with E-state index in [1.807, 2.05) is 0 Å². The molecular formula is C30H52O7P2. The summed E-state index contributed by atoms with van der Waals surface area (Å²) in [7, 11) is -10.0. The lowest BCUT2D eigenvalue weighted by molar-refractivity contribution is 0.166. The second kappa shape index (κ2) is 16.4. The van der Waals surface area contributed by atoms with Crippen molar-refractivity contribution < 1.29 is 32.6 Å². The molecule has 0 aromatic rings. The summed E-state index contributed by atoms with van der Waals surface area (Å²) in [6.07, 6.45) is 19.1. The van der Waals surface area contributed by atoms with Gasteiger partial charge in [-0.05, 0) is 117 Å². The van der Waals surface area contributed by atoms with Gasteiger partial charge < -0.3 is 14.7 Å². The van der Waals surface area contributed by atoms with Crippen LogP contribution in [0.3, 0.4) is 0 Å². The lowest BCUT2D eigenvalue weighted by atomic mass is 9.95. The summed E-state index contributed by atoms with van der Waals surface area (Å²) in [5.41, 5.74) is 6.50. The second-order valence-corrected chi connectivity index (χ2v) is 14.6. The fourth-order valence-corrected chi connectivity index (χ4v) is 6.54. The Balaban J connectivity index is 2.85. The molecule has 1 aliphatic rings. The van der Waals surface area contributed by atoms with E-state index in [4.69, 9.17) is 14.3 Å². The van der Waals surface area contributed by atoms with Gasteiger partial charge in [-0.2, -0.15) is 4.31 Å². The van der Waals surface area contributed by atoms with Gasteiger partial charge in [-0.25, -0.2) is 9.13 Å². The summed E-state index contributed by atoms with van der Waals surface area (Å²) >= 11 is 0. The molecule has 224 valence electrons. The standard InChI is InChI=1S/C30H52O7P2/c1-23(2)13-9-15-25(5)17-11-18-27(7)21-28-29(22-36-39(34,35)37-38(31,32)33)30(28,8)20-12-19-26(6)16-10-14-24(3)4/h13-14,17,19,21,28-29H,9-12,15-16,18,20,22H2,1-8H3,(H,34,35)(H2,31,32,33). The van der Waals surface area contributed by atoms with Crippen molar-refractivity contribution in [2.75, 3.05) is 6.61 Å². The zero-order chi connectivity index (χ0) is 29.9. The average Bonchev–Trinajstić information content (AvgIpc) is 3.31. The summed E-state index contributed by atoms with van der Waals surface area (Å²) in [6, 6.07) is 0. The SMILES string of the molecule is CC(C)=CCCC(C)=CCCC(C)=CC1C(COP(=O)(O)OP(=O)(O)O)C1(C)CCC=C(C)CCC=C(C)C. The van der Waals surface area contributed by atoms with E-state index in [2.05, 4.69) is 90.1 Å². The van der Waals surface area contributed by atoms with Crippen molar-refractivity contribution >= 4 is 15.6 Å². The lowest BCUT2D eigenvalue weighted by Crippen LogP contribution is -2.04. The van der Waals surface area contributed by atoms with Gasteiger partial charge in [0.1, 0.15) is 0 Å². The van der Waals surface area contributed by atoms with Gasteiger partial charge in [-0.15, -0.1) is 0 Å². The van der Waals surface area contributed by atoms with Gasteiger partial charge in [-0.1, -0.05) is 65.2 Å². The topological polar surface area (TPSA) is 113 Å². The van der Waals surface area contributed by atoms with E-state index < -0.39 is 15.6 Å². The molecule has 4 unspecified atom stereocenters. The van der Waals surface area contributed by atoms with Gasteiger partial charge in [0, 0.05) is 0 Å². The van der Waals surface area contributed by atoms with Crippen molar-refractivity contribution in [2.24, 2.45) is 17.3 Å². The quantitative estimate of drug-likeness (QED) is 0.108. The first kappa shape index (κ1) is 36.0. The van der Waals surface area contributed by atoms with Crippen molar-refractivity contribution in [1.29, 1.82) is 0 Å². The lowest BCUT2D eigenvalue weighted by Gasteiger charge is -2.14. The molecule has 0 saturated heterocycles. The van der Waals surface area contributed by atoms with E-state index in [0.717, 1.165) is 51.4 Å². The number of hydrogen-bond donors (Lipinski definition) is 3. The molecule has 1 saturated carbocycles. The maximum absolute atomic E-state index is 12.0. The third kappa shape index (κ3) is 15.5. The van der Waals surface area contributed by atoms with Crippen molar-refractivity contribution in [3.8, 4) is 0 Å². The highest BCUT2D eigenvalue weighted by Crippen LogP contribution is 2.65. The Bertz CT molecular complexity index is 1040.